The van der Waals surface area contributed by atoms with Gasteiger partial charge in [-0.2, -0.15) is 0 Å². The molecule has 0 spiro atoms. The first-order valence-corrected chi connectivity index (χ1v) is 7.56. The van der Waals surface area contributed by atoms with Crippen LogP contribution in [0, 0.1) is 0 Å². The van der Waals surface area contributed by atoms with Crippen LogP contribution in [0.2, 0.25) is 5.02 Å². The van der Waals surface area contributed by atoms with E-state index in [-0.39, 0.29) is 26.1 Å². The van der Waals surface area contributed by atoms with Gasteiger partial charge in [-0.05, 0) is 24.1 Å². The third kappa shape index (κ3) is 7.30. The van der Waals surface area contributed by atoms with E-state index >= 15 is 0 Å². The monoisotopic (exact) mass is 357 g/mol. The summed E-state index contributed by atoms with van der Waals surface area (Å²) < 4.78 is 9.60. The molecule has 0 fully saturated rings. The maximum absolute atomic E-state index is 11.6. The highest BCUT2D eigenvalue weighted by atomic mass is 35.5. The number of hydrogen-bond donors (Lipinski definition) is 3. The van der Waals surface area contributed by atoms with Crippen LogP contribution in [0.1, 0.15) is 12.0 Å². The average molecular weight is 358 g/mol. The van der Waals surface area contributed by atoms with Crippen molar-refractivity contribution in [2.24, 2.45) is 5.73 Å². The van der Waals surface area contributed by atoms with Crippen molar-refractivity contribution in [1.82, 2.24) is 10.6 Å². The van der Waals surface area contributed by atoms with Crippen molar-refractivity contribution in [3.8, 4) is 0 Å². The zero-order valence-corrected chi connectivity index (χ0v) is 14.0. The Labute approximate surface area is 144 Å². The number of amides is 2. The number of methoxy groups -OCH3 is 1. The lowest BCUT2D eigenvalue weighted by Gasteiger charge is -2.16. The smallest absolute Gasteiger partial charge is 0.407 e. The molecule has 0 radical (unpaired) electrons. The van der Waals surface area contributed by atoms with Gasteiger partial charge in [0.05, 0.1) is 13.7 Å². The highest BCUT2D eigenvalue weighted by Gasteiger charge is 2.20. The van der Waals surface area contributed by atoms with Crippen LogP contribution in [-0.4, -0.2) is 44.2 Å². The van der Waals surface area contributed by atoms with Gasteiger partial charge in [0.2, 0.25) is 5.91 Å². The summed E-state index contributed by atoms with van der Waals surface area (Å²) in [5, 5.41) is 5.49. The summed E-state index contributed by atoms with van der Waals surface area (Å²) in [5.41, 5.74) is 5.97. The van der Waals surface area contributed by atoms with Gasteiger partial charge in [0.1, 0.15) is 12.6 Å². The van der Waals surface area contributed by atoms with E-state index in [0.29, 0.717) is 5.02 Å². The number of hydrogen-bond acceptors (Lipinski definition) is 6. The van der Waals surface area contributed by atoms with Crippen molar-refractivity contribution >= 4 is 29.6 Å². The van der Waals surface area contributed by atoms with Gasteiger partial charge < -0.3 is 25.8 Å². The molecule has 0 heterocycles. The van der Waals surface area contributed by atoms with Crippen LogP contribution in [0.3, 0.4) is 0 Å². The number of nitrogens with two attached hydrogens (primary N) is 1. The number of halogens is 1. The Morgan fingerprint density at radius 1 is 1.25 bits per heavy atom. The first-order chi connectivity index (χ1) is 11.5. The van der Waals surface area contributed by atoms with Crippen molar-refractivity contribution in [3.05, 3.63) is 34.9 Å². The van der Waals surface area contributed by atoms with Gasteiger partial charge in [0, 0.05) is 11.6 Å². The van der Waals surface area contributed by atoms with Crippen LogP contribution >= 0.6 is 11.6 Å². The van der Waals surface area contributed by atoms with Gasteiger partial charge in [-0.3, -0.25) is 4.79 Å². The molecule has 1 unspecified atom stereocenters. The Morgan fingerprint density at radius 3 is 2.50 bits per heavy atom. The molecule has 4 N–H and O–H groups in total. The third-order valence-electron chi connectivity index (χ3n) is 2.99. The van der Waals surface area contributed by atoms with E-state index in [4.69, 9.17) is 22.1 Å². The molecule has 132 valence electrons. The second-order valence-corrected chi connectivity index (χ2v) is 5.20. The molecular formula is C15H20ClN3O5. The number of nitrogens with one attached hydrogen (secondary N) is 2. The largest absolute Gasteiger partial charge is 0.467 e. The Balaban J connectivity index is 2.34. The second kappa shape index (κ2) is 10.5. The standard InChI is InChI=1S/C15H20ClN3O5/c1-23-14(21)12(19-13(20)8-17)6-7-18-15(22)24-9-10-2-4-11(16)5-3-10/h2-5,12H,6-9,17H2,1H3,(H,18,22)(H,19,20). The molecule has 0 aliphatic rings. The summed E-state index contributed by atoms with van der Waals surface area (Å²) in [7, 11) is 1.21. The molecule has 0 bridgehead atoms. The summed E-state index contributed by atoms with van der Waals surface area (Å²) in [5.74, 6) is -1.11. The van der Waals surface area contributed by atoms with Crippen LogP contribution in [0.15, 0.2) is 24.3 Å². The maximum Gasteiger partial charge on any atom is 0.407 e. The fourth-order valence-electron chi connectivity index (χ4n) is 1.74. The predicted molar refractivity (Wildman–Crippen MR) is 87.3 cm³/mol. The van der Waals surface area contributed by atoms with Crippen LogP contribution < -0.4 is 16.4 Å². The number of carbonyl (C=O) groups is 3. The summed E-state index contributed by atoms with van der Waals surface area (Å²) in [6, 6.07) is 5.98. The van der Waals surface area contributed by atoms with E-state index < -0.39 is 24.0 Å². The minimum Gasteiger partial charge on any atom is -0.467 e. The van der Waals surface area contributed by atoms with Gasteiger partial charge in [0.25, 0.3) is 0 Å². The van der Waals surface area contributed by atoms with Crippen molar-refractivity contribution < 1.29 is 23.9 Å². The van der Waals surface area contributed by atoms with Crippen molar-refractivity contribution in [1.29, 1.82) is 0 Å². The van der Waals surface area contributed by atoms with Gasteiger partial charge in [-0.15, -0.1) is 0 Å². The van der Waals surface area contributed by atoms with E-state index in [9.17, 15) is 14.4 Å². The number of rotatable bonds is 8. The Kier molecular flexibility index (Phi) is 8.59. The van der Waals surface area contributed by atoms with Crippen LogP contribution in [0.4, 0.5) is 4.79 Å². The minimum atomic E-state index is -0.886. The molecule has 2 amide bonds. The summed E-state index contributed by atoms with van der Waals surface area (Å²) in [6.45, 7) is -0.0402. The molecule has 0 aliphatic heterocycles. The molecule has 0 aliphatic carbocycles. The molecule has 0 saturated carbocycles. The third-order valence-corrected chi connectivity index (χ3v) is 3.24. The van der Waals surface area contributed by atoms with E-state index in [1.54, 1.807) is 24.3 Å². The maximum atomic E-state index is 11.6. The molecule has 1 aromatic carbocycles. The topological polar surface area (TPSA) is 120 Å². The van der Waals surface area contributed by atoms with Crippen molar-refractivity contribution in [3.63, 3.8) is 0 Å². The van der Waals surface area contributed by atoms with Crippen LogP contribution in [0.25, 0.3) is 0 Å². The van der Waals surface area contributed by atoms with E-state index in [1.165, 1.54) is 7.11 Å². The first-order valence-electron chi connectivity index (χ1n) is 7.18. The molecule has 8 nitrogen and oxygen atoms in total. The second-order valence-electron chi connectivity index (χ2n) is 4.77. The predicted octanol–water partition coefficient (Wildman–Crippen LogP) is 0.573. The Hall–Kier alpha value is -2.32. The fraction of sp³-hybridized carbons (Fsp3) is 0.400. The van der Waals surface area contributed by atoms with Crippen molar-refractivity contribution in [2.45, 2.75) is 19.1 Å². The number of carbonyl (C=O) groups excluding carboxylic acids is 3. The number of esters is 1. The van der Waals surface area contributed by atoms with Crippen LogP contribution in [0.5, 0.6) is 0 Å². The highest BCUT2D eigenvalue weighted by Crippen LogP contribution is 2.10. The summed E-state index contributed by atoms with van der Waals surface area (Å²) in [4.78, 5) is 34.4. The summed E-state index contributed by atoms with van der Waals surface area (Å²) >= 11 is 5.76. The molecule has 1 rings (SSSR count). The molecule has 9 heteroatoms. The van der Waals surface area contributed by atoms with E-state index in [1.807, 2.05) is 0 Å². The van der Waals surface area contributed by atoms with Crippen LogP contribution in [-0.2, 0) is 25.7 Å². The van der Waals surface area contributed by atoms with E-state index in [0.717, 1.165) is 5.56 Å². The quantitative estimate of drug-likeness (QED) is 0.585. The van der Waals surface area contributed by atoms with Gasteiger partial charge in [-0.25, -0.2) is 9.59 Å². The molecule has 0 saturated heterocycles. The van der Waals surface area contributed by atoms with E-state index in [2.05, 4.69) is 15.4 Å². The highest BCUT2D eigenvalue weighted by molar-refractivity contribution is 6.30. The SMILES string of the molecule is COC(=O)C(CCNC(=O)OCc1ccc(Cl)cc1)NC(=O)CN. The average Bonchev–Trinajstić information content (AvgIpc) is 2.59. The molecule has 24 heavy (non-hydrogen) atoms. The zero-order chi connectivity index (χ0) is 17.9. The lowest BCUT2D eigenvalue weighted by atomic mass is 10.2. The normalized spacial score (nSPS) is 11.3. The number of benzene rings is 1. The Morgan fingerprint density at radius 2 is 1.92 bits per heavy atom. The molecule has 0 aromatic heterocycles. The molecule has 1 aromatic rings. The summed E-state index contributed by atoms with van der Waals surface area (Å²) in [6.07, 6.45) is -0.493. The lowest BCUT2D eigenvalue weighted by molar-refractivity contribution is -0.145. The molecule has 1 atom stereocenters. The fourth-order valence-corrected chi connectivity index (χ4v) is 1.87. The van der Waals surface area contributed by atoms with Gasteiger partial charge in [0.15, 0.2) is 0 Å². The number of alkyl carbamates (subject to hydrolysis) is 1. The number of ether oxygens (including phenoxy) is 2. The minimum absolute atomic E-state index is 0.0906. The zero-order valence-electron chi connectivity index (χ0n) is 13.2. The van der Waals surface area contributed by atoms with Gasteiger partial charge >= 0.3 is 12.1 Å². The first kappa shape index (κ1) is 19.7. The molecular weight excluding hydrogens is 338 g/mol. The Bertz CT molecular complexity index is 565. The lowest BCUT2D eigenvalue weighted by Crippen LogP contribution is -2.45. The van der Waals surface area contributed by atoms with Crippen molar-refractivity contribution in [2.75, 3.05) is 20.2 Å². The van der Waals surface area contributed by atoms with Gasteiger partial charge in [-0.1, -0.05) is 23.7 Å².